The molecule has 0 saturated carbocycles. The van der Waals surface area contributed by atoms with Gasteiger partial charge in [-0.2, -0.15) is 6.42 Å². The van der Waals surface area contributed by atoms with Crippen molar-refractivity contribution in [2.24, 2.45) is 0 Å². The van der Waals surface area contributed by atoms with Crippen molar-refractivity contribution in [3.63, 3.8) is 0 Å². The van der Waals surface area contributed by atoms with Crippen LogP contribution in [0.5, 0.6) is 0 Å². The van der Waals surface area contributed by atoms with Gasteiger partial charge in [-0.25, -0.2) is 0 Å². The molecule has 0 spiro atoms. The number of hydrogen-bond acceptors (Lipinski definition) is 1. The molecular formula is C13H27NaO2. The molecule has 0 aromatic rings. The Morgan fingerprint density at radius 3 is 1.56 bits per heavy atom. The molecule has 0 aliphatic rings. The van der Waals surface area contributed by atoms with E-state index in [4.69, 9.17) is 9.90 Å². The summed E-state index contributed by atoms with van der Waals surface area (Å²) in [4.78, 5) is 8.36. The molecule has 0 atom stereocenters. The molecule has 0 radical (unpaired) electrons. The summed E-state index contributed by atoms with van der Waals surface area (Å²) < 4.78 is 0. The summed E-state index contributed by atoms with van der Waals surface area (Å²) in [5.41, 5.74) is 0. The molecular weight excluding hydrogens is 211 g/mol. The zero-order valence-corrected chi connectivity index (χ0v) is 13.2. The van der Waals surface area contributed by atoms with Crippen LogP contribution in [-0.4, -0.2) is 11.6 Å². The van der Waals surface area contributed by atoms with Crippen molar-refractivity contribution >= 4 is 6.47 Å². The quantitative estimate of drug-likeness (QED) is 0.286. The van der Waals surface area contributed by atoms with Crippen molar-refractivity contribution in [2.45, 2.75) is 71.1 Å². The van der Waals surface area contributed by atoms with Crippen molar-refractivity contribution in [3.8, 4) is 0 Å². The summed E-state index contributed by atoms with van der Waals surface area (Å²) in [6.07, 6.45) is 13.9. The van der Waals surface area contributed by atoms with Crippen LogP contribution in [0.2, 0.25) is 0 Å². The molecule has 0 unspecified atom stereocenters. The summed E-state index contributed by atoms with van der Waals surface area (Å²) in [6.45, 7) is 5.87. The Morgan fingerprint density at radius 2 is 1.25 bits per heavy atom. The molecule has 1 N–H and O–H groups in total. The van der Waals surface area contributed by atoms with Gasteiger partial charge in [0.05, 0.1) is 0 Å². The van der Waals surface area contributed by atoms with Gasteiger partial charge in [0.1, 0.15) is 0 Å². The molecule has 0 amide bonds. The van der Waals surface area contributed by atoms with E-state index in [-0.39, 0.29) is 36.0 Å². The molecule has 3 heteroatoms. The number of hydrogen-bond donors (Lipinski definition) is 1. The summed E-state index contributed by atoms with van der Waals surface area (Å²) in [5.74, 6) is 0. The van der Waals surface area contributed by atoms with E-state index < -0.39 is 0 Å². The van der Waals surface area contributed by atoms with Crippen molar-refractivity contribution in [3.05, 3.63) is 6.92 Å². The van der Waals surface area contributed by atoms with Crippen LogP contribution in [0.4, 0.5) is 0 Å². The normalized spacial score (nSPS) is 8.62. The molecule has 0 fully saturated rings. The standard InChI is InChI=1S/C12H25.CH2O2.Na/c1-3-5-7-9-11-12-10-8-6-4-2;2-1-3;/h1,3-12H2,2H3;1H,(H,2,3);/q-1;;+1. The summed E-state index contributed by atoms with van der Waals surface area (Å²) >= 11 is 0. The zero-order chi connectivity index (χ0) is 11.8. The monoisotopic (exact) mass is 238 g/mol. The molecule has 0 saturated heterocycles. The molecule has 16 heavy (non-hydrogen) atoms. The predicted molar refractivity (Wildman–Crippen MR) is 65.9 cm³/mol. The molecule has 0 rings (SSSR count). The van der Waals surface area contributed by atoms with Crippen LogP contribution in [-0.2, 0) is 4.79 Å². The minimum atomic E-state index is -0.250. The van der Waals surface area contributed by atoms with E-state index in [1.54, 1.807) is 0 Å². The van der Waals surface area contributed by atoms with Crippen molar-refractivity contribution < 1.29 is 39.5 Å². The molecule has 0 aliphatic carbocycles. The van der Waals surface area contributed by atoms with Crippen LogP contribution in [0.25, 0.3) is 0 Å². The Hall–Kier alpha value is 0.470. The maximum atomic E-state index is 8.36. The van der Waals surface area contributed by atoms with E-state index >= 15 is 0 Å². The molecule has 0 aromatic carbocycles. The third-order valence-corrected chi connectivity index (χ3v) is 2.35. The Balaban J connectivity index is -0.000000377. The first-order valence-electron chi connectivity index (χ1n) is 6.20. The fourth-order valence-corrected chi connectivity index (χ4v) is 1.49. The molecule has 0 heterocycles. The van der Waals surface area contributed by atoms with Gasteiger partial charge >= 0.3 is 29.6 Å². The Kier molecular flexibility index (Phi) is 33.4. The Morgan fingerprint density at radius 1 is 0.938 bits per heavy atom. The Bertz CT molecular complexity index is 98.1. The second-order valence-corrected chi connectivity index (χ2v) is 3.79. The van der Waals surface area contributed by atoms with Crippen molar-refractivity contribution in [1.82, 2.24) is 0 Å². The third-order valence-electron chi connectivity index (χ3n) is 2.35. The first-order chi connectivity index (χ1) is 7.33. The SMILES string of the molecule is O=CO.[CH2-]CCCCCCCCCCC.[Na+]. The summed E-state index contributed by atoms with van der Waals surface area (Å²) in [6, 6.07) is 0. The molecule has 0 bridgehead atoms. The van der Waals surface area contributed by atoms with Gasteiger partial charge in [0.15, 0.2) is 0 Å². The van der Waals surface area contributed by atoms with Gasteiger partial charge in [-0.3, -0.25) is 4.79 Å². The fraction of sp³-hybridized carbons (Fsp3) is 0.846. The van der Waals surface area contributed by atoms with Crippen LogP contribution in [0.15, 0.2) is 0 Å². The van der Waals surface area contributed by atoms with Gasteiger partial charge < -0.3 is 12.0 Å². The van der Waals surface area contributed by atoms with Crippen LogP contribution >= 0.6 is 0 Å². The largest absolute Gasteiger partial charge is 1.00 e. The van der Waals surface area contributed by atoms with Crippen molar-refractivity contribution in [1.29, 1.82) is 0 Å². The predicted octanol–water partition coefficient (Wildman–Crippen LogP) is 1.45. The maximum Gasteiger partial charge on any atom is 1.00 e. The van der Waals surface area contributed by atoms with E-state index in [9.17, 15) is 0 Å². The van der Waals surface area contributed by atoms with Crippen LogP contribution in [0, 0.1) is 6.92 Å². The van der Waals surface area contributed by atoms with Gasteiger partial charge in [0.25, 0.3) is 6.47 Å². The van der Waals surface area contributed by atoms with Gasteiger partial charge in [-0.05, 0) is 0 Å². The summed E-state index contributed by atoms with van der Waals surface area (Å²) in [5, 5.41) is 6.89. The zero-order valence-electron chi connectivity index (χ0n) is 11.2. The molecule has 2 nitrogen and oxygen atoms in total. The number of rotatable bonds is 9. The minimum absolute atomic E-state index is 0. The van der Waals surface area contributed by atoms with Gasteiger partial charge in [0, 0.05) is 0 Å². The topological polar surface area (TPSA) is 37.3 Å². The Labute approximate surface area is 123 Å². The maximum absolute atomic E-state index is 8.36. The van der Waals surface area contributed by atoms with Crippen LogP contribution < -0.4 is 29.6 Å². The van der Waals surface area contributed by atoms with E-state index in [1.165, 1.54) is 57.8 Å². The molecule has 92 valence electrons. The second-order valence-electron chi connectivity index (χ2n) is 3.79. The first kappa shape index (κ1) is 21.7. The second kappa shape index (κ2) is 24.6. The van der Waals surface area contributed by atoms with Crippen molar-refractivity contribution in [2.75, 3.05) is 0 Å². The molecule has 0 aromatic heterocycles. The van der Waals surface area contributed by atoms with Crippen LogP contribution in [0.1, 0.15) is 71.1 Å². The smallest absolute Gasteiger partial charge is 0.483 e. The summed E-state index contributed by atoms with van der Waals surface area (Å²) in [7, 11) is 0. The average molecular weight is 238 g/mol. The number of carboxylic acid groups (broad SMARTS) is 1. The number of carbonyl (C=O) groups is 1. The third kappa shape index (κ3) is 29.3. The van der Waals surface area contributed by atoms with E-state index in [1.807, 2.05) is 0 Å². The van der Waals surface area contributed by atoms with Gasteiger partial charge in [-0.15, -0.1) is 0 Å². The van der Waals surface area contributed by atoms with Crippen LogP contribution in [0.3, 0.4) is 0 Å². The van der Waals surface area contributed by atoms with E-state index in [0.717, 1.165) is 6.42 Å². The minimum Gasteiger partial charge on any atom is -0.483 e. The van der Waals surface area contributed by atoms with Gasteiger partial charge in [-0.1, -0.05) is 64.7 Å². The average Bonchev–Trinajstić information content (AvgIpc) is 2.23. The van der Waals surface area contributed by atoms with E-state index in [2.05, 4.69) is 13.8 Å². The number of unbranched alkanes of at least 4 members (excludes halogenated alkanes) is 9. The fourth-order valence-electron chi connectivity index (χ4n) is 1.49. The van der Waals surface area contributed by atoms with Gasteiger partial charge in [0.2, 0.25) is 0 Å². The molecule has 0 aliphatic heterocycles. The van der Waals surface area contributed by atoms with E-state index in [0.29, 0.717) is 0 Å². The first-order valence-corrected chi connectivity index (χ1v) is 6.20.